The Bertz CT molecular complexity index is 874. The van der Waals surface area contributed by atoms with Crippen LogP contribution in [-0.4, -0.2) is 15.9 Å². The van der Waals surface area contributed by atoms with Gasteiger partial charge in [0, 0.05) is 6.42 Å². The van der Waals surface area contributed by atoms with E-state index in [2.05, 4.69) is 15.3 Å². The molecule has 0 saturated heterocycles. The van der Waals surface area contributed by atoms with Gasteiger partial charge in [0.05, 0.1) is 17.9 Å². The highest BCUT2D eigenvalue weighted by Crippen LogP contribution is 2.22. The summed E-state index contributed by atoms with van der Waals surface area (Å²) >= 11 is 0. The zero-order valence-corrected chi connectivity index (χ0v) is 15.6. The maximum Gasteiger partial charge on any atom is 0.221 e. The van der Waals surface area contributed by atoms with Crippen molar-refractivity contribution in [3.05, 3.63) is 78.0 Å². The van der Waals surface area contributed by atoms with Gasteiger partial charge < -0.3 is 10.3 Å². The van der Waals surface area contributed by atoms with Crippen LogP contribution in [0.25, 0.3) is 11.3 Å². The third-order valence-corrected chi connectivity index (χ3v) is 4.68. The number of halogens is 1. The van der Waals surface area contributed by atoms with Gasteiger partial charge in [-0.05, 0) is 35.6 Å². The zero-order chi connectivity index (χ0) is 19.2. The molecule has 2 aromatic carbocycles. The minimum atomic E-state index is -0.270. The second kappa shape index (κ2) is 8.62. The van der Waals surface area contributed by atoms with Gasteiger partial charge in [-0.15, -0.1) is 0 Å². The fraction of sp³-hybridized carbons (Fsp3) is 0.273. The molecule has 0 spiro atoms. The molecule has 0 aliphatic rings. The summed E-state index contributed by atoms with van der Waals surface area (Å²) in [7, 11) is 0. The molecule has 3 aromatic rings. The number of carbonyl (C=O) groups excluding carboxylic acids is 1. The molecule has 2 N–H and O–H groups in total. The summed E-state index contributed by atoms with van der Waals surface area (Å²) < 4.78 is 13.1. The maximum atomic E-state index is 13.1. The number of nitrogens with zero attached hydrogens (tertiary/aromatic N) is 1. The molecule has 1 heterocycles. The van der Waals surface area contributed by atoms with Gasteiger partial charge in [0.2, 0.25) is 5.91 Å². The van der Waals surface area contributed by atoms with Crippen molar-refractivity contribution in [3.8, 4) is 11.3 Å². The molecular formula is C22H24FN3O. The van der Waals surface area contributed by atoms with E-state index in [0.717, 1.165) is 29.1 Å². The number of carbonyl (C=O) groups is 1. The van der Waals surface area contributed by atoms with Gasteiger partial charge in [-0.1, -0.05) is 56.3 Å². The summed E-state index contributed by atoms with van der Waals surface area (Å²) in [6, 6.07) is 16.1. The Morgan fingerprint density at radius 1 is 1.15 bits per heavy atom. The summed E-state index contributed by atoms with van der Waals surface area (Å²) in [5.74, 6) is 0.448. The van der Waals surface area contributed by atoms with Crippen LogP contribution in [-0.2, 0) is 4.79 Å². The second-order valence-corrected chi connectivity index (χ2v) is 6.73. The minimum Gasteiger partial charge on any atom is -0.346 e. The molecule has 140 valence electrons. The lowest BCUT2D eigenvalue weighted by Crippen LogP contribution is -2.29. The molecule has 0 aliphatic carbocycles. The first-order valence-corrected chi connectivity index (χ1v) is 9.22. The lowest BCUT2D eigenvalue weighted by Gasteiger charge is -2.17. The molecule has 5 heteroatoms. The van der Waals surface area contributed by atoms with E-state index >= 15 is 0 Å². The average molecular weight is 365 g/mol. The average Bonchev–Trinajstić information content (AvgIpc) is 3.17. The van der Waals surface area contributed by atoms with Crippen LogP contribution in [0.1, 0.15) is 50.0 Å². The number of imidazole rings is 1. The molecule has 0 aliphatic heterocycles. The predicted molar refractivity (Wildman–Crippen MR) is 105 cm³/mol. The van der Waals surface area contributed by atoms with Gasteiger partial charge in [-0.2, -0.15) is 0 Å². The number of nitrogens with one attached hydrogen (secondary N) is 2. The number of benzene rings is 2. The van der Waals surface area contributed by atoms with Gasteiger partial charge in [0.15, 0.2) is 0 Å². The van der Waals surface area contributed by atoms with Crippen LogP contribution in [0.4, 0.5) is 4.39 Å². The number of H-pyrrole nitrogens is 1. The number of aromatic nitrogens is 2. The third-order valence-electron chi connectivity index (χ3n) is 4.68. The standard InChI is InChI=1S/C22H24FN3O/c1-3-19(22-24-14-20(26-22)17-7-5-4-6-8-17)25-21(27)13-15(2)16-9-11-18(23)12-10-16/h4-12,14-15,19H,3,13H2,1-2H3,(H,24,26)(H,25,27). The Balaban J connectivity index is 1.63. The highest BCUT2D eigenvalue weighted by atomic mass is 19.1. The second-order valence-electron chi connectivity index (χ2n) is 6.73. The normalized spacial score (nSPS) is 13.1. The minimum absolute atomic E-state index is 0.0135. The highest BCUT2D eigenvalue weighted by molar-refractivity contribution is 5.77. The van der Waals surface area contributed by atoms with Gasteiger partial charge in [-0.3, -0.25) is 4.79 Å². The monoisotopic (exact) mass is 365 g/mol. The van der Waals surface area contributed by atoms with Crippen LogP contribution in [0.2, 0.25) is 0 Å². The predicted octanol–water partition coefficient (Wildman–Crippen LogP) is 4.98. The summed E-state index contributed by atoms with van der Waals surface area (Å²) in [6.45, 7) is 3.98. The molecule has 0 bridgehead atoms. The Morgan fingerprint density at radius 3 is 2.52 bits per heavy atom. The van der Waals surface area contributed by atoms with E-state index in [0.29, 0.717) is 6.42 Å². The van der Waals surface area contributed by atoms with E-state index in [1.165, 1.54) is 12.1 Å². The summed E-state index contributed by atoms with van der Waals surface area (Å²) in [6.07, 6.45) is 2.87. The number of aromatic amines is 1. The molecule has 4 nitrogen and oxygen atoms in total. The van der Waals surface area contributed by atoms with Crippen molar-refractivity contribution in [1.29, 1.82) is 0 Å². The molecule has 2 unspecified atom stereocenters. The van der Waals surface area contributed by atoms with Crippen LogP contribution < -0.4 is 5.32 Å². The van der Waals surface area contributed by atoms with Crippen molar-refractivity contribution in [1.82, 2.24) is 15.3 Å². The Kier molecular flexibility index (Phi) is 6.01. The van der Waals surface area contributed by atoms with E-state index < -0.39 is 0 Å². The molecule has 1 amide bonds. The topological polar surface area (TPSA) is 57.8 Å². The van der Waals surface area contributed by atoms with Crippen LogP contribution in [0.15, 0.2) is 60.8 Å². The number of hydrogen-bond donors (Lipinski definition) is 2. The summed E-state index contributed by atoms with van der Waals surface area (Å²) in [5.41, 5.74) is 2.93. The van der Waals surface area contributed by atoms with E-state index in [4.69, 9.17) is 0 Å². The van der Waals surface area contributed by atoms with Crippen LogP contribution in [0, 0.1) is 5.82 Å². The van der Waals surface area contributed by atoms with E-state index in [-0.39, 0.29) is 23.7 Å². The zero-order valence-electron chi connectivity index (χ0n) is 15.6. The van der Waals surface area contributed by atoms with Crippen LogP contribution in [0.5, 0.6) is 0 Å². The number of amides is 1. The van der Waals surface area contributed by atoms with Crippen molar-refractivity contribution < 1.29 is 9.18 Å². The lowest BCUT2D eigenvalue weighted by atomic mass is 9.97. The van der Waals surface area contributed by atoms with Crippen LogP contribution in [0.3, 0.4) is 0 Å². The lowest BCUT2D eigenvalue weighted by molar-refractivity contribution is -0.122. The van der Waals surface area contributed by atoms with Crippen molar-refractivity contribution >= 4 is 5.91 Å². The van der Waals surface area contributed by atoms with Crippen molar-refractivity contribution in [2.24, 2.45) is 0 Å². The van der Waals surface area contributed by atoms with Gasteiger partial charge in [0.1, 0.15) is 11.6 Å². The van der Waals surface area contributed by atoms with E-state index in [1.54, 1.807) is 18.3 Å². The summed E-state index contributed by atoms with van der Waals surface area (Å²) in [5, 5.41) is 3.05. The molecule has 0 fully saturated rings. The first-order valence-electron chi connectivity index (χ1n) is 9.22. The Morgan fingerprint density at radius 2 is 1.85 bits per heavy atom. The fourth-order valence-electron chi connectivity index (χ4n) is 3.08. The smallest absolute Gasteiger partial charge is 0.221 e. The first-order chi connectivity index (χ1) is 13.1. The molecule has 1 aromatic heterocycles. The molecule has 3 rings (SSSR count). The highest BCUT2D eigenvalue weighted by Gasteiger charge is 2.18. The largest absolute Gasteiger partial charge is 0.346 e. The first kappa shape index (κ1) is 18.8. The third kappa shape index (κ3) is 4.82. The van der Waals surface area contributed by atoms with Gasteiger partial charge in [0.25, 0.3) is 0 Å². The Hall–Kier alpha value is -2.95. The molecular weight excluding hydrogens is 341 g/mol. The molecule has 2 atom stereocenters. The number of hydrogen-bond acceptors (Lipinski definition) is 2. The van der Waals surface area contributed by atoms with Crippen LogP contribution >= 0.6 is 0 Å². The molecule has 27 heavy (non-hydrogen) atoms. The molecule has 0 radical (unpaired) electrons. The SMILES string of the molecule is CCC(NC(=O)CC(C)c1ccc(F)cc1)c1ncc(-c2ccccc2)[nH]1. The van der Waals surface area contributed by atoms with Crippen molar-refractivity contribution in [2.45, 2.75) is 38.6 Å². The number of rotatable bonds is 7. The van der Waals surface area contributed by atoms with Crippen molar-refractivity contribution in [3.63, 3.8) is 0 Å². The van der Waals surface area contributed by atoms with Gasteiger partial charge in [-0.25, -0.2) is 9.37 Å². The summed E-state index contributed by atoms with van der Waals surface area (Å²) in [4.78, 5) is 20.2. The van der Waals surface area contributed by atoms with Crippen molar-refractivity contribution in [2.75, 3.05) is 0 Å². The van der Waals surface area contributed by atoms with E-state index in [9.17, 15) is 9.18 Å². The molecule has 0 saturated carbocycles. The fourth-order valence-corrected chi connectivity index (χ4v) is 3.08. The Labute approximate surface area is 158 Å². The van der Waals surface area contributed by atoms with E-state index in [1.807, 2.05) is 44.2 Å². The maximum absolute atomic E-state index is 13.1. The quantitative estimate of drug-likeness (QED) is 0.620. The van der Waals surface area contributed by atoms with Gasteiger partial charge >= 0.3 is 0 Å².